The molecule has 0 aliphatic heterocycles. The summed E-state index contributed by atoms with van der Waals surface area (Å²) in [6, 6.07) is 7.96. The summed E-state index contributed by atoms with van der Waals surface area (Å²) in [7, 11) is 1.83. The Morgan fingerprint density at radius 2 is 1.24 bits per heavy atom. The van der Waals surface area contributed by atoms with Gasteiger partial charge in [0.15, 0.2) is 0 Å². The van der Waals surface area contributed by atoms with Crippen molar-refractivity contribution < 1.29 is 4.74 Å². The molecule has 1 rings (SSSR count). The van der Waals surface area contributed by atoms with Crippen molar-refractivity contribution >= 4 is 5.71 Å². The molecule has 0 atom stereocenters. The summed E-state index contributed by atoms with van der Waals surface area (Å²) < 4.78 is 5.45. The van der Waals surface area contributed by atoms with Gasteiger partial charge in [0, 0.05) is 19.2 Å². The molecular formula is C32H67NO. The minimum Gasteiger partial charge on any atom is -0.462 e. The SMILES string of the molecule is C=C(CC)Oc1cccc(C)c1.CC.CC.CCC.CCCC.CCCC.CN=C(C)C(C)C. The maximum atomic E-state index is 5.45. The number of allylic oxidation sites excluding steroid dienone is 1. The van der Waals surface area contributed by atoms with E-state index in [1.807, 2.05) is 79.8 Å². The summed E-state index contributed by atoms with van der Waals surface area (Å²) in [5.41, 5.74) is 2.43. The van der Waals surface area contributed by atoms with Crippen molar-refractivity contribution in [3.05, 3.63) is 42.2 Å². The number of aliphatic imine (C=N–C) groups is 1. The Bertz CT molecular complexity index is 482. The normalized spacial score (nSPS) is 8.68. The summed E-state index contributed by atoms with van der Waals surface area (Å²) in [5, 5.41) is 0. The van der Waals surface area contributed by atoms with Gasteiger partial charge in [0.2, 0.25) is 0 Å². The van der Waals surface area contributed by atoms with Crippen LogP contribution in [-0.2, 0) is 0 Å². The molecule has 0 aliphatic rings. The zero-order chi connectivity index (χ0) is 28.4. The number of nitrogens with zero attached hydrogens (tertiary/aromatic N) is 1. The van der Waals surface area contributed by atoms with E-state index in [4.69, 9.17) is 4.74 Å². The van der Waals surface area contributed by atoms with E-state index in [1.165, 1.54) is 43.4 Å². The molecule has 0 aliphatic carbocycles. The summed E-state index contributed by atoms with van der Waals surface area (Å²) in [4.78, 5) is 4.00. The molecule has 1 aromatic rings. The number of hydrogen-bond acceptors (Lipinski definition) is 2. The highest BCUT2D eigenvalue weighted by Gasteiger charge is 1.95. The molecule has 0 amide bonds. The van der Waals surface area contributed by atoms with Crippen molar-refractivity contribution in [2.75, 3.05) is 7.05 Å². The number of ether oxygens (including phenoxy) is 1. The van der Waals surface area contributed by atoms with E-state index in [0.29, 0.717) is 5.92 Å². The molecule has 34 heavy (non-hydrogen) atoms. The summed E-state index contributed by atoms with van der Waals surface area (Å²) >= 11 is 0. The lowest BCUT2D eigenvalue weighted by molar-refractivity contribution is 0.412. The van der Waals surface area contributed by atoms with Gasteiger partial charge in [-0.3, -0.25) is 4.99 Å². The number of aryl methyl sites for hydroxylation is 1. The Hall–Kier alpha value is -1.57. The molecule has 2 heteroatoms. The van der Waals surface area contributed by atoms with Crippen LogP contribution in [-0.4, -0.2) is 12.8 Å². The van der Waals surface area contributed by atoms with Crippen molar-refractivity contribution in [1.29, 1.82) is 0 Å². The van der Waals surface area contributed by atoms with Crippen molar-refractivity contribution in [2.45, 2.75) is 142 Å². The van der Waals surface area contributed by atoms with Crippen molar-refractivity contribution in [3.63, 3.8) is 0 Å². The number of rotatable bonds is 6. The first-order chi connectivity index (χ1) is 16.1. The molecule has 0 fully saturated rings. The molecule has 0 bridgehead atoms. The van der Waals surface area contributed by atoms with Crippen LogP contribution in [0.3, 0.4) is 0 Å². The van der Waals surface area contributed by atoms with Crippen LogP contribution in [0, 0.1) is 12.8 Å². The number of hydrogen-bond donors (Lipinski definition) is 0. The fourth-order valence-electron chi connectivity index (χ4n) is 1.18. The summed E-state index contributed by atoms with van der Waals surface area (Å²) in [5.74, 6) is 2.30. The van der Waals surface area contributed by atoms with Crippen LogP contribution in [0.1, 0.15) is 141 Å². The zero-order valence-electron chi connectivity index (χ0n) is 26.7. The van der Waals surface area contributed by atoms with Gasteiger partial charge in [0.1, 0.15) is 5.75 Å². The average molecular weight is 482 g/mol. The van der Waals surface area contributed by atoms with Crippen LogP contribution in [0.25, 0.3) is 0 Å². The van der Waals surface area contributed by atoms with Crippen LogP contribution in [0.15, 0.2) is 41.6 Å². The quantitative estimate of drug-likeness (QED) is 0.292. The third-order valence-corrected chi connectivity index (χ3v) is 3.83. The lowest BCUT2D eigenvalue weighted by atomic mass is 10.1. The zero-order valence-corrected chi connectivity index (χ0v) is 26.7. The van der Waals surface area contributed by atoms with E-state index >= 15 is 0 Å². The van der Waals surface area contributed by atoms with Crippen molar-refractivity contribution in [3.8, 4) is 5.75 Å². The minimum absolute atomic E-state index is 0.616. The first-order valence-electron chi connectivity index (χ1n) is 14.0. The molecule has 0 heterocycles. The van der Waals surface area contributed by atoms with Gasteiger partial charge in [-0.25, -0.2) is 0 Å². The van der Waals surface area contributed by atoms with Gasteiger partial charge in [-0.2, -0.15) is 0 Å². The molecular weight excluding hydrogens is 414 g/mol. The van der Waals surface area contributed by atoms with E-state index < -0.39 is 0 Å². The van der Waals surface area contributed by atoms with E-state index in [0.717, 1.165) is 17.9 Å². The molecule has 0 unspecified atom stereocenters. The van der Waals surface area contributed by atoms with Gasteiger partial charge < -0.3 is 4.74 Å². The van der Waals surface area contributed by atoms with E-state index in [9.17, 15) is 0 Å². The highest BCUT2D eigenvalue weighted by Crippen LogP contribution is 2.15. The van der Waals surface area contributed by atoms with E-state index in [1.54, 1.807) is 0 Å². The van der Waals surface area contributed by atoms with E-state index in [-0.39, 0.29) is 0 Å². The highest BCUT2D eigenvalue weighted by molar-refractivity contribution is 5.83. The van der Waals surface area contributed by atoms with Crippen molar-refractivity contribution in [2.24, 2.45) is 10.9 Å². The molecule has 0 spiro atoms. The third kappa shape index (κ3) is 52.4. The maximum absolute atomic E-state index is 5.45. The molecule has 0 N–H and O–H groups in total. The van der Waals surface area contributed by atoms with Crippen LogP contribution in [0.5, 0.6) is 5.75 Å². The second-order valence-electron chi connectivity index (χ2n) is 7.54. The molecule has 1 aromatic carbocycles. The lowest BCUT2D eigenvalue weighted by Crippen LogP contribution is -1.99. The minimum atomic E-state index is 0.616. The largest absolute Gasteiger partial charge is 0.462 e. The number of benzene rings is 1. The predicted octanol–water partition coefficient (Wildman–Crippen LogP) is 12.1. The fourth-order valence-corrected chi connectivity index (χ4v) is 1.18. The van der Waals surface area contributed by atoms with Gasteiger partial charge in [-0.1, -0.05) is 141 Å². The van der Waals surface area contributed by atoms with Gasteiger partial charge in [-0.15, -0.1) is 0 Å². The summed E-state index contributed by atoms with van der Waals surface area (Å²) in [6.07, 6.45) is 7.38. The first-order valence-corrected chi connectivity index (χ1v) is 14.0. The Labute approximate surface area is 218 Å². The predicted molar refractivity (Wildman–Crippen MR) is 165 cm³/mol. The fraction of sp³-hybridized carbons (Fsp3) is 0.719. The average Bonchev–Trinajstić information content (AvgIpc) is 2.87. The molecule has 0 saturated heterocycles. The Kier molecular flexibility index (Phi) is 60.7. The first kappa shape index (κ1) is 45.9. The molecule has 206 valence electrons. The van der Waals surface area contributed by atoms with Gasteiger partial charge in [0.05, 0.1) is 5.76 Å². The number of unbranched alkanes of at least 4 members (excludes halogenated alkanes) is 2. The third-order valence-electron chi connectivity index (χ3n) is 3.83. The molecule has 0 radical (unpaired) electrons. The van der Waals surface area contributed by atoms with Gasteiger partial charge in [-0.05, 0) is 37.5 Å². The topological polar surface area (TPSA) is 21.6 Å². The Morgan fingerprint density at radius 3 is 1.44 bits per heavy atom. The van der Waals surface area contributed by atoms with Gasteiger partial charge in [0.25, 0.3) is 0 Å². The van der Waals surface area contributed by atoms with Crippen LogP contribution < -0.4 is 4.74 Å². The second-order valence-corrected chi connectivity index (χ2v) is 7.54. The molecule has 0 saturated carbocycles. The van der Waals surface area contributed by atoms with Crippen LogP contribution >= 0.6 is 0 Å². The molecule has 2 nitrogen and oxygen atoms in total. The maximum Gasteiger partial charge on any atom is 0.127 e. The van der Waals surface area contributed by atoms with Gasteiger partial charge >= 0.3 is 0 Å². The standard InChI is InChI=1S/C11H14O.C6H13N.2C4H10.C3H8.2C2H6/c1-4-10(3)12-11-7-5-6-9(2)8-11;1-5(2)6(3)7-4;2*1-3-4-2;1-3-2;2*1-2/h5-8H,3-4H2,1-2H3;5H,1-4H3;2*3-4H2,1-2H3;3H2,1-2H3;2*1-2H3. The van der Waals surface area contributed by atoms with E-state index in [2.05, 4.69) is 67.0 Å². The smallest absolute Gasteiger partial charge is 0.127 e. The molecule has 0 aromatic heterocycles. The Balaban J connectivity index is -0.0000000766. The van der Waals surface area contributed by atoms with Crippen molar-refractivity contribution in [1.82, 2.24) is 0 Å². The monoisotopic (exact) mass is 482 g/mol. The van der Waals surface area contributed by atoms with Crippen LogP contribution in [0.4, 0.5) is 0 Å². The second kappa shape index (κ2) is 45.0. The highest BCUT2D eigenvalue weighted by atomic mass is 16.5. The Morgan fingerprint density at radius 1 is 0.853 bits per heavy atom. The summed E-state index contributed by atoms with van der Waals surface area (Å²) in [6.45, 7) is 35.1. The van der Waals surface area contributed by atoms with Crippen LogP contribution in [0.2, 0.25) is 0 Å². The lowest BCUT2D eigenvalue weighted by Gasteiger charge is -2.06.